The van der Waals surface area contributed by atoms with Crippen LogP contribution in [0, 0.1) is 10.1 Å². The molecule has 0 N–H and O–H groups in total. The molecule has 0 aromatic heterocycles. The first-order valence-electron chi connectivity index (χ1n) is 9.56. The topological polar surface area (TPSA) is 111 Å². The fraction of sp³-hybridized carbons (Fsp3) is 0.400. The van der Waals surface area contributed by atoms with E-state index in [1.807, 2.05) is 12.1 Å². The Morgan fingerprint density at radius 3 is 2.00 bits per heavy atom. The maximum atomic E-state index is 12.9. The standard InChI is InChI=1S/C20H25N3O7S.ClH/c1-28-18-9-4-15(19(29-2)20(18)30-3)14-21-10-12-22(13-11-21)31(26,27)17-7-5-16(6-8-17)23(24)25;/h4-9H,10-14H2,1-3H3;1H. The fourth-order valence-corrected chi connectivity index (χ4v) is 4.97. The lowest BCUT2D eigenvalue weighted by atomic mass is 10.1. The molecule has 0 spiro atoms. The summed E-state index contributed by atoms with van der Waals surface area (Å²) in [6.07, 6.45) is 0. The molecule has 2 aromatic carbocycles. The van der Waals surface area contributed by atoms with E-state index in [4.69, 9.17) is 14.2 Å². The summed E-state index contributed by atoms with van der Waals surface area (Å²) in [6.45, 7) is 2.26. The van der Waals surface area contributed by atoms with Crippen molar-refractivity contribution in [1.82, 2.24) is 9.21 Å². The molecule has 3 rings (SSSR count). The molecule has 0 aliphatic carbocycles. The summed E-state index contributed by atoms with van der Waals surface area (Å²) in [6, 6.07) is 8.66. The molecule has 0 unspecified atom stereocenters. The summed E-state index contributed by atoms with van der Waals surface area (Å²) in [5.41, 5.74) is 0.763. The number of nitro groups is 1. The highest BCUT2D eigenvalue weighted by Crippen LogP contribution is 2.40. The Labute approximate surface area is 193 Å². The Morgan fingerprint density at radius 2 is 1.50 bits per heavy atom. The second-order valence-corrected chi connectivity index (χ2v) is 8.86. The lowest BCUT2D eigenvalue weighted by Crippen LogP contribution is -2.48. The molecule has 0 saturated carbocycles. The molecule has 2 aromatic rings. The SMILES string of the molecule is COc1ccc(CN2CCN(S(=O)(=O)c3ccc([N+](=O)[O-])cc3)CC2)c(OC)c1OC.Cl. The van der Waals surface area contributed by atoms with E-state index in [1.54, 1.807) is 21.3 Å². The summed E-state index contributed by atoms with van der Waals surface area (Å²) >= 11 is 0. The number of nitro benzene ring substituents is 1. The third kappa shape index (κ3) is 5.23. The molecule has 32 heavy (non-hydrogen) atoms. The first-order chi connectivity index (χ1) is 14.8. The van der Waals surface area contributed by atoms with Gasteiger partial charge in [0.1, 0.15) is 0 Å². The molecule has 1 saturated heterocycles. The summed E-state index contributed by atoms with van der Waals surface area (Å²) in [5.74, 6) is 1.67. The van der Waals surface area contributed by atoms with E-state index in [9.17, 15) is 18.5 Å². The Kier molecular flexibility index (Phi) is 8.67. The van der Waals surface area contributed by atoms with Crippen LogP contribution in [0.1, 0.15) is 5.56 Å². The number of sulfonamides is 1. The van der Waals surface area contributed by atoms with Gasteiger partial charge < -0.3 is 14.2 Å². The number of ether oxygens (including phenoxy) is 3. The minimum Gasteiger partial charge on any atom is -0.493 e. The van der Waals surface area contributed by atoms with Gasteiger partial charge in [0, 0.05) is 50.4 Å². The van der Waals surface area contributed by atoms with Gasteiger partial charge >= 0.3 is 0 Å². The largest absolute Gasteiger partial charge is 0.493 e. The molecule has 0 amide bonds. The van der Waals surface area contributed by atoms with E-state index in [0.717, 1.165) is 5.56 Å². The zero-order valence-corrected chi connectivity index (χ0v) is 19.6. The third-order valence-electron chi connectivity index (χ3n) is 5.20. The van der Waals surface area contributed by atoms with Gasteiger partial charge in [-0.2, -0.15) is 4.31 Å². The van der Waals surface area contributed by atoms with Gasteiger partial charge in [0.15, 0.2) is 11.5 Å². The zero-order valence-electron chi connectivity index (χ0n) is 18.0. The van der Waals surface area contributed by atoms with Crippen molar-refractivity contribution in [3.8, 4) is 17.2 Å². The van der Waals surface area contributed by atoms with Gasteiger partial charge in [-0.25, -0.2) is 8.42 Å². The minimum absolute atomic E-state index is 0. The van der Waals surface area contributed by atoms with Gasteiger partial charge in [0.2, 0.25) is 15.8 Å². The average molecular weight is 488 g/mol. The molecule has 1 heterocycles. The zero-order chi connectivity index (χ0) is 22.6. The molecule has 0 radical (unpaired) electrons. The average Bonchev–Trinajstić information content (AvgIpc) is 2.79. The van der Waals surface area contributed by atoms with Crippen LogP contribution in [0.5, 0.6) is 17.2 Å². The van der Waals surface area contributed by atoms with Crippen molar-refractivity contribution < 1.29 is 27.6 Å². The normalized spacial score (nSPS) is 15.0. The highest BCUT2D eigenvalue weighted by molar-refractivity contribution is 7.89. The maximum Gasteiger partial charge on any atom is 0.269 e. The summed E-state index contributed by atoms with van der Waals surface area (Å²) in [5, 5.41) is 10.8. The number of halogens is 1. The highest BCUT2D eigenvalue weighted by atomic mass is 35.5. The molecule has 10 nitrogen and oxygen atoms in total. The van der Waals surface area contributed by atoms with Crippen molar-refractivity contribution in [1.29, 1.82) is 0 Å². The van der Waals surface area contributed by atoms with Gasteiger partial charge in [0.25, 0.3) is 5.69 Å². The molecule has 0 atom stereocenters. The number of piperazine rings is 1. The van der Waals surface area contributed by atoms with E-state index in [1.165, 1.54) is 28.6 Å². The van der Waals surface area contributed by atoms with Crippen LogP contribution in [-0.2, 0) is 16.6 Å². The Balaban J connectivity index is 0.00000363. The van der Waals surface area contributed by atoms with Gasteiger partial charge in [0.05, 0.1) is 31.1 Å². The number of non-ortho nitro benzene ring substituents is 1. The highest BCUT2D eigenvalue weighted by Gasteiger charge is 2.29. The molecule has 1 aliphatic heterocycles. The van der Waals surface area contributed by atoms with Crippen LogP contribution < -0.4 is 14.2 Å². The second kappa shape index (κ2) is 10.8. The third-order valence-corrected chi connectivity index (χ3v) is 7.11. The second-order valence-electron chi connectivity index (χ2n) is 6.92. The van der Waals surface area contributed by atoms with E-state index >= 15 is 0 Å². The number of nitrogens with zero attached hydrogens (tertiary/aromatic N) is 3. The molecule has 1 fully saturated rings. The lowest BCUT2D eigenvalue weighted by Gasteiger charge is -2.34. The number of benzene rings is 2. The first kappa shape index (κ1) is 25.7. The van der Waals surface area contributed by atoms with Crippen LogP contribution in [0.3, 0.4) is 0 Å². The van der Waals surface area contributed by atoms with Gasteiger partial charge in [-0.15, -0.1) is 12.4 Å². The van der Waals surface area contributed by atoms with Crippen molar-refractivity contribution in [2.45, 2.75) is 11.4 Å². The number of hydrogen-bond donors (Lipinski definition) is 0. The fourth-order valence-electron chi connectivity index (χ4n) is 3.55. The first-order valence-corrected chi connectivity index (χ1v) is 11.0. The van der Waals surface area contributed by atoms with Crippen LogP contribution in [0.4, 0.5) is 5.69 Å². The van der Waals surface area contributed by atoms with Crippen molar-refractivity contribution in [3.63, 3.8) is 0 Å². The number of hydrogen-bond acceptors (Lipinski definition) is 8. The van der Waals surface area contributed by atoms with Crippen molar-refractivity contribution in [2.24, 2.45) is 0 Å². The quantitative estimate of drug-likeness (QED) is 0.412. The van der Waals surface area contributed by atoms with Crippen LogP contribution in [0.25, 0.3) is 0 Å². The maximum absolute atomic E-state index is 12.9. The Morgan fingerprint density at radius 1 is 0.906 bits per heavy atom. The molecule has 0 bridgehead atoms. The summed E-state index contributed by atoms with van der Waals surface area (Å²) < 4.78 is 43.4. The molecule has 12 heteroatoms. The summed E-state index contributed by atoms with van der Waals surface area (Å²) in [7, 11) is 0.959. The monoisotopic (exact) mass is 487 g/mol. The Bertz CT molecular complexity index is 1040. The minimum atomic E-state index is -3.71. The van der Waals surface area contributed by atoms with E-state index in [-0.39, 0.29) is 23.0 Å². The molecule has 176 valence electrons. The van der Waals surface area contributed by atoms with E-state index < -0.39 is 14.9 Å². The molecule has 1 aliphatic rings. The lowest BCUT2D eigenvalue weighted by molar-refractivity contribution is -0.384. The smallest absolute Gasteiger partial charge is 0.269 e. The van der Waals surface area contributed by atoms with Gasteiger partial charge in [-0.3, -0.25) is 15.0 Å². The van der Waals surface area contributed by atoms with E-state index in [0.29, 0.717) is 50.0 Å². The van der Waals surface area contributed by atoms with Crippen LogP contribution in [0.15, 0.2) is 41.3 Å². The van der Waals surface area contributed by atoms with Crippen LogP contribution in [-0.4, -0.2) is 70.1 Å². The van der Waals surface area contributed by atoms with Gasteiger partial charge in [-0.05, 0) is 18.2 Å². The predicted molar refractivity (Wildman–Crippen MR) is 120 cm³/mol. The molecular formula is C20H26ClN3O7S. The van der Waals surface area contributed by atoms with Crippen LogP contribution >= 0.6 is 12.4 Å². The van der Waals surface area contributed by atoms with Crippen molar-refractivity contribution in [2.75, 3.05) is 47.5 Å². The van der Waals surface area contributed by atoms with Crippen LogP contribution in [0.2, 0.25) is 0 Å². The van der Waals surface area contributed by atoms with Gasteiger partial charge in [-0.1, -0.05) is 6.07 Å². The predicted octanol–water partition coefficient (Wildman–Crippen LogP) is 2.55. The number of methoxy groups -OCH3 is 3. The van der Waals surface area contributed by atoms with E-state index in [2.05, 4.69) is 4.90 Å². The summed E-state index contributed by atoms with van der Waals surface area (Å²) in [4.78, 5) is 12.4. The van der Waals surface area contributed by atoms with Crippen molar-refractivity contribution in [3.05, 3.63) is 52.1 Å². The van der Waals surface area contributed by atoms with Crippen molar-refractivity contribution >= 4 is 28.1 Å². The Hall–Kier alpha value is -2.60. The molecular weight excluding hydrogens is 462 g/mol. The number of rotatable bonds is 8.